The van der Waals surface area contributed by atoms with Gasteiger partial charge in [-0.15, -0.1) is 0 Å². The Kier molecular flexibility index (Phi) is 5.01. The quantitative estimate of drug-likeness (QED) is 0.804. The highest BCUT2D eigenvalue weighted by Crippen LogP contribution is 2.18. The Morgan fingerprint density at radius 3 is 2.68 bits per heavy atom. The van der Waals surface area contributed by atoms with E-state index in [-0.39, 0.29) is 6.61 Å². The van der Waals surface area contributed by atoms with Gasteiger partial charge in [0.25, 0.3) is 0 Å². The number of hydrogen-bond acceptors (Lipinski definition) is 4. The van der Waals surface area contributed by atoms with Crippen LogP contribution in [0, 0.1) is 0 Å². The second-order valence-corrected chi connectivity index (χ2v) is 4.17. The van der Waals surface area contributed by atoms with Crippen molar-refractivity contribution in [2.45, 2.75) is 26.7 Å². The first-order valence-corrected chi connectivity index (χ1v) is 6.41. The molecule has 1 aromatic carbocycles. The van der Waals surface area contributed by atoms with Gasteiger partial charge in [-0.3, -0.25) is 0 Å². The lowest BCUT2D eigenvalue weighted by atomic mass is 10.2. The zero-order chi connectivity index (χ0) is 13.5. The standard InChI is InChI=1S/C15H19NO3/c1-2-18-11-12-5-3-4-6-15(12)16-9-13-7-8-14(10-17)19-13/h3-8,16-17H,2,9-11H2,1H3. The van der Waals surface area contributed by atoms with Gasteiger partial charge < -0.3 is 19.6 Å². The average molecular weight is 261 g/mol. The number of aliphatic hydroxyl groups is 1. The third-order valence-electron chi connectivity index (χ3n) is 2.81. The summed E-state index contributed by atoms with van der Waals surface area (Å²) in [5, 5.41) is 12.3. The summed E-state index contributed by atoms with van der Waals surface area (Å²) >= 11 is 0. The fourth-order valence-corrected chi connectivity index (χ4v) is 1.82. The van der Waals surface area contributed by atoms with Gasteiger partial charge in [0.1, 0.15) is 18.1 Å². The summed E-state index contributed by atoms with van der Waals surface area (Å²) in [7, 11) is 0. The highest BCUT2D eigenvalue weighted by molar-refractivity contribution is 5.50. The van der Waals surface area contributed by atoms with Crippen molar-refractivity contribution in [2.24, 2.45) is 0 Å². The molecule has 102 valence electrons. The lowest BCUT2D eigenvalue weighted by molar-refractivity contribution is 0.134. The van der Waals surface area contributed by atoms with Crippen LogP contribution in [0.25, 0.3) is 0 Å². The third-order valence-corrected chi connectivity index (χ3v) is 2.81. The van der Waals surface area contributed by atoms with Crippen molar-refractivity contribution in [3.05, 3.63) is 53.5 Å². The monoisotopic (exact) mass is 261 g/mol. The number of furan rings is 1. The van der Waals surface area contributed by atoms with Gasteiger partial charge in [-0.25, -0.2) is 0 Å². The van der Waals surface area contributed by atoms with Gasteiger partial charge in [-0.05, 0) is 25.1 Å². The molecule has 0 radical (unpaired) electrons. The molecule has 0 aliphatic heterocycles. The molecule has 2 rings (SSSR count). The summed E-state index contributed by atoms with van der Waals surface area (Å²) in [5.41, 5.74) is 2.16. The Hall–Kier alpha value is -1.78. The zero-order valence-corrected chi connectivity index (χ0v) is 11.1. The smallest absolute Gasteiger partial charge is 0.129 e. The van der Waals surface area contributed by atoms with Gasteiger partial charge in [-0.1, -0.05) is 18.2 Å². The van der Waals surface area contributed by atoms with Crippen molar-refractivity contribution >= 4 is 5.69 Å². The van der Waals surface area contributed by atoms with Crippen LogP contribution in [0.15, 0.2) is 40.8 Å². The Labute approximate surface area is 113 Å². The molecule has 4 nitrogen and oxygen atoms in total. The summed E-state index contributed by atoms with van der Waals surface area (Å²) in [6.45, 7) is 3.80. The number of aliphatic hydroxyl groups excluding tert-OH is 1. The molecule has 1 heterocycles. The Bertz CT molecular complexity index is 508. The highest BCUT2D eigenvalue weighted by Gasteiger charge is 2.04. The molecule has 0 aliphatic carbocycles. The van der Waals surface area contributed by atoms with Crippen LogP contribution >= 0.6 is 0 Å². The Balaban J connectivity index is 1.98. The molecule has 1 aromatic heterocycles. The van der Waals surface area contributed by atoms with E-state index in [9.17, 15) is 0 Å². The van der Waals surface area contributed by atoms with Gasteiger partial charge in [0.2, 0.25) is 0 Å². The number of ether oxygens (including phenoxy) is 1. The molecular weight excluding hydrogens is 242 g/mol. The molecular formula is C15H19NO3. The number of hydrogen-bond donors (Lipinski definition) is 2. The van der Waals surface area contributed by atoms with E-state index < -0.39 is 0 Å². The number of nitrogens with one attached hydrogen (secondary N) is 1. The number of anilines is 1. The molecule has 0 bridgehead atoms. The first kappa shape index (κ1) is 13.6. The van der Waals surface area contributed by atoms with Gasteiger partial charge in [0.15, 0.2) is 0 Å². The predicted octanol–water partition coefficient (Wildman–Crippen LogP) is 2.92. The maximum atomic E-state index is 8.95. The molecule has 4 heteroatoms. The van der Waals surface area contributed by atoms with Crippen LogP contribution in [-0.2, 0) is 24.5 Å². The summed E-state index contributed by atoms with van der Waals surface area (Å²) in [5.74, 6) is 1.38. The lowest BCUT2D eigenvalue weighted by Gasteiger charge is -2.11. The van der Waals surface area contributed by atoms with E-state index in [1.807, 2.05) is 37.3 Å². The molecule has 0 unspecified atom stereocenters. The second-order valence-electron chi connectivity index (χ2n) is 4.17. The van der Waals surface area contributed by atoms with Crippen LogP contribution in [0.5, 0.6) is 0 Å². The molecule has 2 aromatic rings. The van der Waals surface area contributed by atoms with E-state index in [1.165, 1.54) is 0 Å². The second kappa shape index (κ2) is 6.97. The highest BCUT2D eigenvalue weighted by atomic mass is 16.5. The lowest BCUT2D eigenvalue weighted by Crippen LogP contribution is -2.03. The molecule has 0 spiro atoms. The maximum absolute atomic E-state index is 8.95. The molecule has 0 atom stereocenters. The van der Waals surface area contributed by atoms with E-state index in [0.29, 0.717) is 25.5 Å². The maximum Gasteiger partial charge on any atom is 0.129 e. The average Bonchev–Trinajstić information content (AvgIpc) is 2.91. The van der Waals surface area contributed by atoms with Crippen molar-refractivity contribution in [1.29, 1.82) is 0 Å². The SMILES string of the molecule is CCOCc1ccccc1NCc1ccc(CO)o1. The summed E-state index contributed by atoms with van der Waals surface area (Å²) in [6.07, 6.45) is 0. The van der Waals surface area contributed by atoms with E-state index in [0.717, 1.165) is 17.0 Å². The van der Waals surface area contributed by atoms with Gasteiger partial charge in [-0.2, -0.15) is 0 Å². The van der Waals surface area contributed by atoms with Gasteiger partial charge in [0, 0.05) is 17.9 Å². The molecule has 0 aliphatic rings. The topological polar surface area (TPSA) is 54.6 Å². The van der Waals surface area contributed by atoms with E-state index in [1.54, 1.807) is 6.07 Å². The predicted molar refractivity (Wildman–Crippen MR) is 73.7 cm³/mol. The van der Waals surface area contributed by atoms with E-state index in [2.05, 4.69) is 5.32 Å². The van der Waals surface area contributed by atoms with Crippen LogP contribution in [0.4, 0.5) is 5.69 Å². The molecule has 0 saturated carbocycles. The minimum absolute atomic E-state index is 0.0685. The van der Waals surface area contributed by atoms with Crippen LogP contribution < -0.4 is 5.32 Å². The Morgan fingerprint density at radius 1 is 1.16 bits per heavy atom. The number of rotatable bonds is 7. The van der Waals surface area contributed by atoms with Crippen molar-refractivity contribution in [3.63, 3.8) is 0 Å². The largest absolute Gasteiger partial charge is 0.462 e. The minimum Gasteiger partial charge on any atom is -0.462 e. The summed E-state index contributed by atoms with van der Waals surface area (Å²) in [6, 6.07) is 11.7. The van der Waals surface area contributed by atoms with Gasteiger partial charge >= 0.3 is 0 Å². The Morgan fingerprint density at radius 2 is 1.95 bits per heavy atom. The van der Waals surface area contributed by atoms with E-state index >= 15 is 0 Å². The molecule has 19 heavy (non-hydrogen) atoms. The first-order chi connectivity index (χ1) is 9.33. The van der Waals surface area contributed by atoms with Gasteiger partial charge in [0.05, 0.1) is 13.2 Å². The zero-order valence-electron chi connectivity index (χ0n) is 11.1. The summed E-state index contributed by atoms with van der Waals surface area (Å²) < 4.78 is 10.9. The summed E-state index contributed by atoms with van der Waals surface area (Å²) in [4.78, 5) is 0. The number of benzene rings is 1. The molecule has 2 N–H and O–H groups in total. The molecule has 0 saturated heterocycles. The minimum atomic E-state index is -0.0685. The molecule has 0 amide bonds. The van der Waals surface area contributed by atoms with Crippen LogP contribution in [0.3, 0.4) is 0 Å². The fourth-order valence-electron chi connectivity index (χ4n) is 1.82. The van der Waals surface area contributed by atoms with Crippen molar-refractivity contribution in [2.75, 3.05) is 11.9 Å². The van der Waals surface area contributed by atoms with Crippen LogP contribution in [0.2, 0.25) is 0 Å². The van der Waals surface area contributed by atoms with Crippen molar-refractivity contribution in [3.8, 4) is 0 Å². The van der Waals surface area contributed by atoms with Crippen molar-refractivity contribution in [1.82, 2.24) is 0 Å². The van der Waals surface area contributed by atoms with Crippen molar-refractivity contribution < 1.29 is 14.3 Å². The first-order valence-electron chi connectivity index (χ1n) is 6.41. The van der Waals surface area contributed by atoms with E-state index in [4.69, 9.17) is 14.3 Å². The third kappa shape index (κ3) is 3.84. The van der Waals surface area contributed by atoms with Crippen LogP contribution in [0.1, 0.15) is 24.0 Å². The molecule has 0 fully saturated rings. The fraction of sp³-hybridized carbons (Fsp3) is 0.333. The normalized spacial score (nSPS) is 10.6. The number of para-hydroxylation sites is 1. The van der Waals surface area contributed by atoms with Crippen LogP contribution in [-0.4, -0.2) is 11.7 Å².